The molecule has 0 N–H and O–H groups in total. The molecule has 0 fully saturated rings. The van der Waals surface area contributed by atoms with Gasteiger partial charge in [0, 0.05) is 12.1 Å². The lowest BCUT2D eigenvalue weighted by Gasteiger charge is -2.10. The van der Waals surface area contributed by atoms with Gasteiger partial charge in [0.25, 0.3) is 0 Å². The number of hydrogen-bond acceptors (Lipinski definition) is 2. The van der Waals surface area contributed by atoms with Gasteiger partial charge in [-0.2, -0.15) is 18.3 Å². The van der Waals surface area contributed by atoms with Crippen molar-refractivity contribution < 1.29 is 22.4 Å². The molecule has 3 nitrogen and oxygen atoms in total. The number of rotatable bonds is 3. The molecular weight excluding hydrogens is 312 g/mol. The SMILES string of the molecule is CCn1ncc(Cl)c1C(=O)c1ccc(F)c(C(F)(F)F)c1. The molecule has 0 atom stereocenters. The number of carbonyl (C=O) groups excluding carboxylic acids is 1. The molecule has 0 saturated carbocycles. The largest absolute Gasteiger partial charge is 0.419 e. The molecule has 0 amide bonds. The number of alkyl halides is 3. The third kappa shape index (κ3) is 2.92. The predicted molar refractivity (Wildman–Crippen MR) is 67.7 cm³/mol. The van der Waals surface area contributed by atoms with E-state index in [0.717, 1.165) is 6.07 Å². The molecule has 0 saturated heterocycles. The average molecular weight is 321 g/mol. The Labute approximate surface area is 122 Å². The minimum Gasteiger partial charge on any atom is -0.287 e. The summed E-state index contributed by atoms with van der Waals surface area (Å²) in [6.45, 7) is 2.02. The van der Waals surface area contributed by atoms with Gasteiger partial charge in [-0.05, 0) is 25.1 Å². The van der Waals surface area contributed by atoms with Crippen molar-refractivity contribution in [3.8, 4) is 0 Å². The van der Waals surface area contributed by atoms with E-state index in [9.17, 15) is 22.4 Å². The van der Waals surface area contributed by atoms with Gasteiger partial charge in [0.15, 0.2) is 0 Å². The van der Waals surface area contributed by atoms with Gasteiger partial charge >= 0.3 is 6.18 Å². The van der Waals surface area contributed by atoms with E-state index >= 15 is 0 Å². The first-order valence-corrected chi connectivity index (χ1v) is 6.26. The molecule has 0 aliphatic rings. The van der Waals surface area contributed by atoms with Crippen molar-refractivity contribution >= 4 is 17.4 Å². The number of nitrogens with zero attached hydrogens (tertiary/aromatic N) is 2. The van der Waals surface area contributed by atoms with E-state index in [2.05, 4.69) is 5.10 Å². The maximum absolute atomic E-state index is 13.2. The molecule has 0 aliphatic heterocycles. The molecule has 2 aromatic rings. The molecule has 1 aromatic heterocycles. The lowest BCUT2D eigenvalue weighted by Crippen LogP contribution is -2.14. The number of aryl methyl sites for hydroxylation is 1. The van der Waals surface area contributed by atoms with Gasteiger partial charge < -0.3 is 0 Å². The van der Waals surface area contributed by atoms with Crippen molar-refractivity contribution in [3.05, 3.63) is 52.1 Å². The van der Waals surface area contributed by atoms with Crippen molar-refractivity contribution in [2.24, 2.45) is 0 Å². The molecule has 8 heteroatoms. The molecule has 0 bridgehead atoms. The highest BCUT2D eigenvalue weighted by Crippen LogP contribution is 2.32. The number of carbonyl (C=O) groups is 1. The highest BCUT2D eigenvalue weighted by molar-refractivity contribution is 6.34. The maximum Gasteiger partial charge on any atom is 0.419 e. The lowest BCUT2D eigenvalue weighted by molar-refractivity contribution is -0.140. The standard InChI is InChI=1S/C13H9ClF4N2O/c1-2-20-11(9(14)6-19-20)12(21)7-3-4-10(15)8(5-7)13(16,17)18/h3-6H,2H2,1H3. The van der Waals surface area contributed by atoms with Crippen LogP contribution in [0.3, 0.4) is 0 Å². The molecule has 1 heterocycles. The highest BCUT2D eigenvalue weighted by atomic mass is 35.5. The van der Waals surface area contributed by atoms with Crippen LogP contribution in [0.25, 0.3) is 0 Å². The molecule has 0 spiro atoms. The first kappa shape index (κ1) is 15.5. The Morgan fingerprint density at radius 3 is 2.62 bits per heavy atom. The van der Waals surface area contributed by atoms with Crippen LogP contribution in [0, 0.1) is 5.82 Å². The minimum atomic E-state index is -4.88. The van der Waals surface area contributed by atoms with Crippen LogP contribution in [0.15, 0.2) is 24.4 Å². The van der Waals surface area contributed by atoms with Crippen molar-refractivity contribution in [3.63, 3.8) is 0 Å². The smallest absolute Gasteiger partial charge is 0.287 e. The monoisotopic (exact) mass is 320 g/mol. The third-order valence-electron chi connectivity index (χ3n) is 2.84. The molecule has 21 heavy (non-hydrogen) atoms. The van der Waals surface area contributed by atoms with Gasteiger partial charge in [0.2, 0.25) is 5.78 Å². The van der Waals surface area contributed by atoms with Crippen LogP contribution in [-0.2, 0) is 12.7 Å². The average Bonchev–Trinajstić information content (AvgIpc) is 2.78. The quantitative estimate of drug-likeness (QED) is 0.634. The Morgan fingerprint density at radius 1 is 1.38 bits per heavy atom. The summed E-state index contributed by atoms with van der Waals surface area (Å²) in [5.74, 6) is -2.18. The predicted octanol–water partition coefficient (Wildman–Crippen LogP) is 3.95. The minimum absolute atomic E-state index is 0.0275. The summed E-state index contributed by atoms with van der Waals surface area (Å²) in [5.41, 5.74) is -1.83. The number of benzene rings is 1. The van der Waals surface area contributed by atoms with Gasteiger partial charge in [0.1, 0.15) is 11.5 Å². The number of halogens is 5. The summed E-state index contributed by atoms with van der Waals surface area (Å²) >= 11 is 5.83. The Balaban J connectivity index is 2.52. The van der Waals surface area contributed by atoms with Crippen molar-refractivity contribution in [2.75, 3.05) is 0 Å². The van der Waals surface area contributed by atoms with Crippen LogP contribution < -0.4 is 0 Å². The van der Waals surface area contributed by atoms with E-state index in [1.807, 2.05) is 0 Å². The van der Waals surface area contributed by atoms with Crippen molar-refractivity contribution in [1.82, 2.24) is 9.78 Å². The summed E-state index contributed by atoms with van der Waals surface area (Å²) in [7, 11) is 0. The molecule has 0 radical (unpaired) electrons. The molecule has 1 aromatic carbocycles. The Bertz CT molecular complexity index is 694. The Hall–Kier alpha value is -1.89. The van der Waals surface area contributed by atoms with Gasteiger partial charge in [-0.3, -0.25) is 9.48 Å². The molecule has 0 unspecified atom stereocenters. The second-order valence-electron chi connectivity index (χ2n) is 4.18. The number of ketones is 1. The number of aromatic nitrogens is 2. The van der Waals surface area contributed by atoms with E-state index in [0.29, 0.717) is 18.7 Å². The summed E-state index contributed by atoms with van der Waals surface area (Å²) < 4.78 is 52.5. The van der Waals surface area contributed by atoms with Crippen LogP contribution in [0.4, 0.5) is 17.6 Å². The van der Waals surface area contributed by atoms with Gasteiger partial charge in [-0.1, -0.05) is 11.6 Å². The summed E-state index contributed by atoms with van der Waals surface area (Å²) in [5, 5.41) is 3.86. The normalized spacial score (nSPS) is 11.7. The zero-order chi connectivity index (χ0) is 15.8. The summed E-state index contributed by atoms with van der Waals surface area (Å²) in [4.78, 5) is 12.3. The van der Waals surface area contributed by atoms with Crippen LogP contribution >= 0.6 is 11.6 Å². The van der Waals surface area contributed by atoms with Crippen LogP contribution in [-0.4, -0.2) is 15.6 Å². The fraction of sp³-hybridized carbons (Fsp3) is 0.231. The second kappa shape index (κ2) is 5.48. The maximum atomic E-state index is 13.2. The Morgan fingerprint density at radius 2 is 2.05 bits per heavy atom. The molecule has 2 rings (SSSR count). The third-order valence-corrected chi connectivity index (χ3v) is 3.12. The van der Waals surface area contributed by atoms with Gasteiger partial charge in [0.05, 0.1) is 16.8 Å². The van der Waals surface area contributed by atoms with Crippen molar-refractivity contribution in [2.45, 2.75) is 19.6 Å². The lowest BCUT2D eigenvalue weighted by atomic mass is 10.0. The highest BCUT2D eigenvalue weighted by Gasteiger charge is 2.35. The van der Waals surface area contributed by atoms with Crippen LogP contribution in [0.2, 0.25) is 5.02 Å². The van der Waals surface area contributed by atoms with Crippen molar-refractivity contribution in [1.29, 1.82) is 0 Å². The van der Waals surface area contributed by atoms with E-state index in [1.165, 1.54) is 10.9 Å². The number of hydrogen-bond donors (Lipinski definition) is 0. The molecule has 112 valence electrons. The zero-order valence-corrected chi connectivity index (χ0v) is 11.5. The first-order valence-electron chi connectivity index (χ1n) is 5.88. The fourth-order valence-corrected chi connectivity index (χ4v) is 2.08. The van der Waals surface area contributed by atoms with E-state index in [4.69, 9.17) is 11.6 Å². The van der Waals surface area contributed by atoms with E-state index in [1.54, 1.807) is 6.92 Å². The van der Waals surface area contributed by atoms with Gasteiger partial charge in [-0.25, -0.2) is 4.39 Å². The molecular formula is C13H9ClF4N2O. The summed E-state index contributed by atoms with van der Waals surface area (Å²) in [6, 6.07) is 2.06. The van der Waals surface area contributed by atoms with E-state index in [-0.39, 0.29) is 16.3 Å². The van der Waals surface area contributed by atoms with Crippen LogP contribution in [0.5, 0.6) is 0 Å². The Kier molecular flexibility index (Phi) is 4.04. The van der Waals surface area contributed by atoms with Crippen LogP contribution in [0.1, 0.15) is 28.5 Å². The van der Waals surface area contributed by atoms with E-state index < -0.39 is 23.3 Å². The second-order valence-corrected chi connectivity index (χ2v) is 4.59. The summed E-state index contributed by atoms with van der Waals surface area (Å²) in [6.07, 6.45) is -3.65. The molecule has 0 aliphatic carbocycles. The van der Waals surface area contributed by atoms with Gasteiger partial charge in [-0.15, -0.1) is 0 Å². The topological polar surface area (TPSA) is 34.9 Å². The first-order chi connectivity index (χ1) is 9.75. The fourth-order valence-electron chi connectivity index (χ4n) is 1.85. The zero-order valence-electron chi connectivity index (χ0n) is 10.7.